The van der Waals surface area contributed by atoms with Crippen molar-refractivity contribution < 1.29 is 19.0 Å². The van der Waals surface area contributed by atoms with Gasteiger partial charge >= 0.3 is 0 Å². The number of rotatable bonds is 9. The number of hydrogen-bond acceptors (Lipinski definition) is 5. The Morgan fingerprint density at radius 3 is 2.52 bits per heavy atom. The summed E-state index contributed by atoms with van der Waals surface area (Å²) >= 11 is 0. The van der Waals surface area contributed by atoms with Crippen molar-refractivity contribution in [2.45, 2.75) is 25.7 Å². The van der Waals surface area contributed by atoms with Crippen molar-refractivity contribution in [2.75, 3.05) is 47.6 Å². The molecule has 1 aliphatic heterocycles. The summed E-state index contributed by atoms with van der Waals surface area (Å²) in [7, 11) is 4.95. The summed E-state index contributed by atoms with van der Waals surface area (Å²) in [5.41, 5.74) is 1.11. The predicted octanol–water partition coefficient (Wildman–Crippen LogP) is 1.77. The number of ether oxygens (including phenoxy) is 3. The van der Waals surface area contributed by atoms with Gasteiger partial charge in [0.2, 0.25) is 5.91 Å². The van der Waals surface area contributed by atoms with E-state index < -0.39 is 0 Å². The van der Waals surface area contributed by atoms with Crippen LogP contribution in [0.5, 0.6) is 11.5 Å². The Kier molecular flexibility index (Phi) is 7.52. The Hall–Kier alpha value is -1.79. The van der Waals surface area contributed by atoms with Crippen LogP contribution in [0.1, 0.15) is 24.8 Å². The van der Waals surface area contributed by atoms with Gasteiger partial charge in [0.05, 0.1) is 20.8 Å². The highest BCUT2D eigenvalue weighted by atomic mass is 16.5. The monoisotopic (exact) mass is 350 g/mol. The molecule has 140 valence electrons. The Labute approximate surface area is 150 Å². The largest absolute Gasteiger partial charge is 0.493 e. The van der Waals surface area contributed by atoms with Crippen molar-refractivity contribution in [1.29, 1.82) is 0 Å². The summed E-state index contributed by atoms with van der Waals surface area (Å²) in [5.74, 6) is 1.46. The lowest BCUT2D eigenvalue weighted by molar-refractivity contribution is -0.122. The normalized spacial score (nSPS) is 16.3. The van der Waals surface area contributed by atoms with E-state index in [1.165, 1.54) is 0 Å². The second-order valence-electron chi connectivity index (χ2n) is 6.65. The Morgan fingerprint density at radius 1 is 1.16 bits per heavy atom. The van der Waals surface area contributed by atoms with Gasteiger partial charge in [-0.25, -0.2) is 0 Å². The molecule has 0 spiro atoms. The molecular weight excluding hydrogens is 320 g/mol. The molecule has 1 amide bonds. The number of aryl methyl sites for hydroxylation is 1. The Balaban J connectivity index is 1.83. The molecule has 0 aromatic heterocycles. The second-order valence-corrected chi connectivity index (χ2v) is 6.65. The van der Waals surface area contributed by atoms with Gasteiger partial charge in [-0.1, -0.05) is 6.07 Å². The molecule has 1 aromatic rings. The summed E-state index contributed by atoms with van der Waals surface area (Å²) in [4.78, 5) is 12.3. The number of carbonyl (C=O) groups excluding carboxylic acids is 1. The number of piperidine rings is 1. The number of methoxy groups -OCH3 is 3. The van der Waals surface area contributed by atoms with Gasteiger partial charge in [-0.15, -0.1) is 0 Å². The summed E-state index contributed by atoms with van der Waals surface area (Å²) in [6.07, 6.45) is 3.18. The van der Waals surface area contributed by atoms with E-state index >= 15 is 0 Å². The van der Waals surface area contributed by atoms with Gasteiger partial charge in [-0.2, -0.15) is 0 Å². The first-order valence-corrected chi connectivity index (χ1v) is 8.80. The zero-order valence-corrected chi connectivity index (χ0v) is 15.5. The average molecular weight is 350 g/mol. The lowest BCUT2D eigenvalue weighted by Gasteiger charge is -2.37. The first kappa shape index (κ1) is 19.5. The molecule has 0 unspecified atom stereocenters. The van der Waals surface area contributed by atoms with Crippen molar-refractivity contribution >= 4 is 5.91 Å². The molecule has 1 heterocycles. The van der Waals surface area contributed by atoms with Crippen molar-refractivity contribution in [3.05, 3.63) is 23.8 Å². The number of nitrogens with one attached hydrogen (secondary N) is 2. The summed E-state index contributed by atoms with van der Waals surface area (Å²) in [6, 6.07) is 5.76. The maximum absolute atomic E-state index is 12.3. The van der Waals surface area contributed by atoms with Crippen LogP contribution in [0.2, 0.25) is 0 Å². The van der Waals surface area contributed by atoms with Crippen LogP contribution in [0.3, 0.4) is 0 Å². The third-order valence-electron chi connectivity index (χ3n) is 4.86. The van der Waals surface area contributed by atoms with Gasteiger partial charge in [0.15, 0.2) is 11.5 Å². The maximum atomic E-state index is 12.3. The number of benzene rings is 1. The average Bonchev–Trinajstić information content (AvgIpc) is 2.65. The highest BCUT2D eigenvalue weighted by Gasteiger charge is 2.32. The zero-order chi connectivity index (χ0) is 18.1. The van der Waals surface area contributed by atoms with Crippen LogP contribution in [0.4, 0.5) is 0 Å². The second kappa shape index (κ2) is 9.63. The van der Waals surface area contributed by atoms with Crippen LogP contribution in [0.15, 0.2) is 18.2 Å². The van der Waals surface area contributed by atoms with E-state index in [0.717, 1.165) is 31.5 Å². The van der Waals surface area contributed by atoms with E-state index in [1.807, 2.05) is 18.2 Å². The molecule has 6 nitrogen and oxygen atoms in total. The smallest absolute Gasteiger partial charge is 0.220 e. The van der Waals surface area contributed by atoms with Crippen LogP contribution in [0.25, 0.3) is 0 Å². The van der Waals surface area contributed by atoms with Crippen LogP contribution in [-0.4, -0.2) is 53.5 Å². The number of hydrogen-bond donors (Lipinski definition) is 2. The van der Waals surface area contributed by atoms with Crippen molar-refractivity contribution in [2.24, 2.45) is 5.41 Å². The Bertz CT molecular complexity index is 551. The molecule has 1 aromatic carbocycles. The molecule has 25 heavy (non-hydrogen) atoms. The summed E-state index contributed by atoms with van der Waals surface area (Å²) in [6.45, 7) is 3.31. The van der Waals surface area contributed by atoms with E-state index in [-0.39, 0.29) is 11.3 Å². The minimum Gasteiger partial charge on any atom is -0.493 e. The van der Waals surface area contributed by atoms with Gasteiger partial charge in [0.25, 0.3) is 0 Å². The van der Waals surface area contributed by atoms with Crippen molar-refractivity contribution in [3.63, 3.8) is 0 Å². The molecule has 1 saturated heterocycles. The van der Waals surface area contributed by atoms with Crippen LogP contribution in [-0.2, 0) is 16.0 Å². The van der Waals surface area contributed by atoms with E-state index in [4.69, 9.17) is 14.2 Å². The van der Waals surface area contributed by atoms with Gasteiger partial charge in [-0.05, 0) is 50.0 Å². The SMILES string of the molecule is COCC1(CNC(=O)CCc2ccc(OC)c(OC)c2)CCNCC1. The van der Waals surface area contributed by atoms with E-state index in [0.29, 0.717) is 37.5 Å². The standard InChI is InChI=1S/C19H30N2O4/c1-23-14-19(8-10-20-11-9-19)13-21-18(22)7-5-15-4-6-16(24-2)17(12-15)25-3/h4,6,12,20H,5,7-11,13-14H2,1-3H3,(H,21,22). The lowest BCUT2D eigenvalue weighted by atomic mass is 9.79. The third-order valence-corrected chi connectivity index (χ3v) is 4.86. The summed E-state index contributed by atoms with van der Waals surface area (Å²) in [5, 5.41) is 6.46. The third kappa shape index (κ3) is 5.61. The van der Waals surface area contributed by atoms with Crippen molar-refractivity contribution in [1.82, 2.24) is 10.6 Å². The van der Waals surface area contributed by atoms with Crippen LogP contribution in [0, 0.1) is 5.41 Å². The maximum Gasteiger partial charge on any atom is 0.220 e. The molecule has 1 fully saturated rings. The first-order chi connectivity index (χ1) is 12.1. The number of amides is 1. The van der Waals surface area contributed by atoms with Crippen LogP contribution >= 0.6 is 0 Å². The molecular formula is C19H30N2O4. The topological polar surface area (TPSA) is 68.8 Å². The Morgan fingerprint density at radius 2 is 1.88 bits per heavy atom. The lowest BCUT2D eigenvalue weighted by Crippen LogP contribution is -2.47. The first-order valence-electron chi connectivity index (χ1n) is 8.80. The molecule has 2 N–H and O–H groups in total. The quantitative estimate of drug-likeness (QED) is 0.710. The van der Waals surface area contributed by atoms with Gasteiger partial charge in [-0.3, -0.25) is 4.79 Å². The fourth-order valence-corrected chi connectivity index (χ4v) is 3.30. The molecule has 0 aliphatic carbocycles. The molecule has 0 radical (unpaired) electrons. The molecule has 6 heteroatoms. The predicted molar refractivity (Wildman–Crippen MR) is 97.3 cm³/mol. The fraction of sp³-hybridized carbons (Fsp3) is 0.632. The van der Waals surface area contributed by atoms with E-state index in [2.05, 4.69) is 10.6 Å². The highest BCUT2D eigenvalue weighted by molar-refractivity contribution is 5.76. The minimum absolute atomic E-state index is 0.0546. The van der Waals surface area contributed by atoms with Gasteiger partial charge in [0.1, 0.15) is 0 Å². The van der Waals surface area contributed by atoms with Gasteiger partial charge in [0, 0.05) is 25.5 Å². The van der Waals surface area contributed by atoms with E-state index in [1.54, 1.807) is 21.3 Å². The minimum atomic E-state index is 0.0546. The molecule has 1 aliphatic rings. The molecule has 2 rings (SSSR count). The molecule has 0 bridgehead atoms. The van der Waals surface area contributed by atoms with Gasteiger partial charge < -0.3 is 24.8 Å². The fourth-order valence-electron chi connectivity index (χ4n) is 3.30. The van der Waals surface area contributed by atoms with E-state index in [9.17, 15) is 4.79 Å². The molecule has 0 saturated carbocycles. The van der Waals surface area contributed by atoms with Crippen molar-refractivity contribution in [3.8, 4) is 11.5 Å². The molecule has 0 atom stereocenters. The van der Waals surface area contributed by atoms with Crippen LogP contribution < -0.4 is 20.1 Å². The zero-order valence-electron chi connectivity index (χ0n) is 15.5. The highest BCUT2D eigenvalue weighted by Crippen LogP contribution is 2.29. The number of carbonyl (C=O) groups is 1. The summed E-state index contributed by atoms with van der Waals surface area (Å²) < 4.78 is 15.9.